The molecule has 0 saturated heterocycles. The third-order valence-corrected chi connectivity index (χ3v) is 3.90. The summed E-state index contributed by atoms with van der Waals surface area (Å²) in [6.45, 7) is 2.30. The van der Waals surface area contributed by atoms with E-state index in [2.05, 4.69) is 21.2 Å². The fraction of sp³-hybridized carbons (Fsp3) is 0.235. The van der Waals surface area contributed by atoms with Crippen molar-refractivity contribution in [3.63, 3.8) is 0 Å². The molecular weight excluding hydrogens is 366 g/mol. The van der Waals surface area contributed by atoms with Gasteiger partial charge in [-0.25, -0.2) is 0 Å². The Morgan fingerprint density at radius 1 is 1.18 bits per heavy atom. The fourth-order valence-corrected chi connectivity index (χ4v) is 2.29. The lowest BCUT2D eigenvalue weighted by Crippen LogP contribution is -2.37. The van der Waals surface area contributed by atoms with E-state index in [0.29, 0.717) is 17.3 Å². The highest BCUT2D eigenvalue weighted by molar-refractivity contribution is 9.10. The number of hydrogen-bond donors (Lipinski definition) is 1. The van der Waals surface area contributed by atoms with Crippen molar-refractivity contribution in [1.82, 2.24) is 5.32 Å². The normalized spacial score (nSPS) is 11.8. The van der Waals surface area contributed by atoms with E-state index in [4.69, 9.17) is 16.3 Å². The van der Waals surface area contributed by atoms with E-state index >= 15 is 0 Å². The maximum absolute atomic E-state index is 12.0. The summed E-state index contributed by atoms with van der Waals surface area (Å²) in [5.74, 6) is 0.542. The van der Waals surface area contributed by atoms with Crippen molar-refractivity contribution >= 4 is 33.4 Å². The minimum absolute atomic E-state index is 0.128. The van der Waals surface area contributed by atoms with Crippen LogP contribution in [-0.4, -0.2) is 18.6 Å². The molecule has 2 aromatic rings. The van der Waals surface area contributed by atoms with Gasteiger partial charge >= 0.3 is 0 Å². The molecule has 1 amide bonds. The third-order valence-electron chi connectivity index (χ3n) is 3.12. The van der Waals surface area contributed by atoms with Crippen LogP contribution in [0, 0.1) is 0 Å². The van der Waals surface area contributed by atoms with Gasteiger partial charge in [-0.15, -0.1) is 0 Å². The molecule has 0 saturated carbocycles. The lowest BCUT2D eigenvalue weighted by Gasteiger charge is -2.14. The van der Waals surface area contributed by atoms with E-state index in [1.165, 1.54) is 0 Å². The van der Waals surface area contributed by atoms with Crippen molar-refractivity contribution < 1.29 is 9.53 Å². The Bertz CT molecular complexity index is 614. The molecule has 3 nitrogen and oxygen atoms in total. The monoisotopic (exact) mass is 381 g/mol. The number of carbonyl (C=O) groups is 1. The maximum Gasteiger partial charge on any atom is 0.260 e. The third kappa shape index (κ3) is 5.35. The van der Waals surface area contributed by atoms with Gasteiger partial charge in [-0.1, -0.05) is 39.7 Å². The standard InChI is InChI=1S/C17H17BrClNO2/c1-12(22-16-8-4-14(18)5-9-16)17(21)20-11-10-13-2-6-15(19)7-3-13/h2-9,12H,10-11H2,1H3,(H,20,21)/t12-/m0/s1. The second-order valence-corrected chi connectivity index (χ2v) is 6.23. The van der Waals surface area contributed by atoms with Gasteiger partial charge in [0.05, 0.1) is 0 Å². The molecule has 0 aliphatic carbocycles. The molecule has 22 heavy (non-hydrogen) atoms. The van der Waals surface area contributed by atoms with Crippen LogP contribution < -0.4 is 10.1 Å². The Labute approximate surface area is 143 Å². The number of amides is 1. The van der Waals surface area contributed by atoms with Crippen LogP contribution in [0.1, 0.15) is 12.5 Å². The first-order valence-electron chi connectivity index (χ1n) is 6.99. The fourth-order valence-electron chi connectivity index (χ4n) is 1.90. The van der Waals surface area contributed by atoms with E-state index < -0.39 is 6.10 Å². The summed E-state index contributed by atoms with van der Waals surface area (Å²) in [5.41, 5.74) is 1.13. The number of nitrogens with one attached hydrogen (secondary N) is 1. The van der Waals surface area contributed by atoms with Crippen molar-refractivity contribution in [2.45, 2.75) is 19.4 Å². The molecule has 0 aliphatic rings. The lowest BCUT2D eigenvalue weighted by molar-refractivity contribution is -0.127. The average Bonchev–Trinajstić information content (AvgIpc) is 2.51. The van der Waals surface area contributed by atoms with E-state index in [-0.39, 0.29) is 5.91 Å². The van der Waals surface area contributed by atoms with E-state index in [9.17, 15) is 4.79 Å². The second kappa shape index (κ2) is 8.20. The highest BCUT2D eigenvalue weighted by Gasteiger charge is 2.13. The van der Waals surface area contributed by atoms with Crippen LogP contribution in [0.15, 0.2) is 53.0 Å². The van der Waals surface area contributed by atoms with Gasteiger partial charge in [0.15, 0.2) is 6.10 Å². The number of halogens is 2. The highest BCUT2D eigenvalue weighted by Crippen LogP contribution is 2.17. The van der Waals surface area contributed by atoms with Gasteiger partial charge < -0.3 is 10.1 Å². The van der Waals surface area contributed by atoms with Gasteiger partial charge in [-0.2, -0.15) is 0 Å². The van der Waals surface area contributed by atoms with Gasteiger partial charge in [0.1, 0.15) is 5.75 Å². The predicted molar refractivity (Wildman–Crippen MR) is 92.4 cm³/mol. The summed E-state index contributed by atoms with van der Waals surface area (Å²) in [6.07, 6.45) is 0.222. The molecule has 1 atom stereocenters. The van der Waals surface area contributed by atoms with Crippen molar-refractivity contribution in [1.29, 1.82) is 0 Å². The molecule has 5 heteroatoms. The van der Waals surface area contributed by atoms with Crippen LogP contribution in [0.25, 0.3) is 0 Å². The smallest absolute Gasteiger partial charge is 0.260 e. The van der Waals surface area contributed by atoms with Crippen LogP contribution in [0.5, 0.6) is 5.75 Å². The van der Waals surface area contributed by atoms with Gasteiger partial charge in [0, 0.05) is 16.0 Å². The van der Waals surface area contributed by atoms with Crippen LogP contribution in [0.4, 0.5) is 0 Å². The van der Waals surface area contributed by atoms with Gasteiger partial charge in [-0.05, 0) is 55.3 Å². The molecule has 0 spiro atoms. The number of carbonyl (C=O) groups excluding carboxylic acids is 1. The Balaban J connectivity index is 1.76. The predicted octanol–water partition coefficient (Wildman–Crippen LogP) is 4.23. The van der Waals surface area contributed by atoms with Crippen LogP contribution in [-0.2, 0) is 11.2 Å². The largest absolute Gasteiger partial charge is 0.481 e. The zero-order valence-electron chi connectivity index (χ0n) is 12.2. The van der Waals surface area contributed by atoms with E-state index in [1.807, 2.05) is 48.5 Å². The summed E-state index contributed by atoms with van der Waals surface area (Å²) < 4.78 is 6.57. The molecule has 0 unspecified atom stereocenters. The molecule has 0 aliphatic heterocycles. The molecule has 0 heterocycles. The minimum Gasteiger partial charge on any atom is -0.481 e. The van der Waals surface area contributed by atoms with Gasteiger partial charge in [0.25, 0.3) is 5.91 Å². The van der Waals surface area contributed by atoms with Crippen molar-refractivity contribution in [3.8, 4) is 5.75 Å². The van der Waals surface area contributed by atoms with Crippen molar-refractivity contribution in [2.24, 2.45) is 0 Å². The summed E-state index contributed by atoms with van der Waals surface area (Å²) in [4.78, 5) is 12.0. The average molecular weight is 383 g/mol. The zero-order chi connectivity index (χ0) is 15.9. The lowest BCUT2D eigenvalue weighted by atomic mass is 10.1. The van der Waals surface area contributed by atoms with Crippen LogP contribution >= 0.6 is 27.5 Å². The molecule has 2 aromatic carbocycles. The van der Waals surface area contributed by atoms with Gasteiger partial charge in [-0.3, -0.25) is 4.79 Å². The summed E-state index contributed by atoms with van der Waals surface area (Å²) in [7, 11) is 0. The number of hydrogen-bond acceptors (Lipinski definition) is 2. The quantitative estimate of drug-likeness (QED) is 0.812. The number of ether oxygens (including phenoxy) is 1. The Morgan fingerprint density at radius 3 is 2.45 bits per heavy atom. The van der Waals surface area contributed by atoms with Gasteiger partial charge in [0.2, 0.25) is 0 Å². The zero-order valence-corrected chi connectivity index (χ0v) is 14.5. The summed E-state index contributed by atoms with van der Waals surface area (Å²) >= 11 is 9.19. The SMILES string of the molecule is C[C@H](Oc1ccc(Br)cc1)C(=O)NCCc1ccc(Cl)cc1. The first kappa shape index (κ1) is 16.8. The summed E-state index contributed by atoms with van der Waals surface area (Å²) in [6, 6.07) is 15.0. The number of benzene rings is 2. The topological polar surface area (TPSA) is 38.3 Å². The second-order valence-electron chi connectivity index (χ2n) is 4.88. The Kier molecular flexibility index (Phi) is 6.28. The molecule has 0 radical (unpaired) electrons. The maximum atomic E-state index is 12.0. The summed E-state index contributed by atoms with van der Waals surface area (Å²) in [5, 5.41) is 3.58. The number of rotatable bonds is 6. The van der Waals surface area contributed by atoms with Crippen molar-refractivity contribution in [3.05, 3.63) is 63.6 Å². The molecule has 2 rings (SSSR count). The van der Waals surface area contributed by atoms with E-state index in [1.54, 1.807) is 6.92 Å². The molecule has 1 N–H and O–H groups in total. The van der Waals surface area contributed by atoms with Crippen LogP contribution in [0.2, 0.25) is 5.02 Å². The minimum atomic E-state index is -0.536. The Hall–Kier alpha value is -1.52. The Morgan fingerprint density at radius 2 is 1.82 bits per heavy atom. The first-order valence-corrected chi connectivity index (χ1v) is 8.16. The highest BCUT2D eigenvalue weighted by atomic mass is 79.9. The molecule has 0 bridgehead atoms. The first-order chi connectivity index (χ1) is 10.5. The molecule has 0 fully saturated rings. The molecule has 116 valence electrons. The molecule has 0 aromatic heterocycles. The van der Waals surface area contributed by atoms with Crippen molar-refractivity contribution in [2.75, 3.05) is 6.54 Å². The molecular formula is C17H17BrClNO2. The van der Waals surface area contributed by atoms with Crippen LogP contribution in [0.3, 0.4) is 0 Å². The van der Waals surface area contributed by atoms with E-state index in [0.717, 1.165) is 16.5 Å².